The Morgan fingerprint density at radius 2 is 1.69 bits per heavy atom. The van der Waals surface area contributed by atoms with E-state index >= 15 is 0 Å². The monoisotopic (exact) mass is 220 g/mol. The van der Waals surface area contributed by atoms with Crippen molar-refractivity contribution in [3.05, 3.63) is 29.8 Å². The lowest BCUT2D eigenvalue weighted by Gasteiger charge is -2.18. The molecule has 16 heavy (non-hydrogen) atoms. The first-order valence-corrected chi connectivity index (χ1v) is 5.99. The summed E-state index contributed by atoms with van der Waals surface area (Å²) in [6.45, 7) is 8.86. The molecule has 0 saturated carbocycles. The van der Waals surface area contributed by atoms with Gasteiger partial charge in [0.15, 0.2) is 0 Å². The van der Waals surface area contributed by atoms with Gasteiger partial charge in [-0.15, -0.1) is 0 Å². The number of benzene rings is 1. The van der Waals surface area contributed by atoms with Crippen LogP contribution >= 0.6 is 0 Å². The van der Waals surface area contributed by atoms with Crippen molar-refractivity contribution in [3.63, 3.8) is 0 Å². The van der Waals surface area contributed by atoms with Crippen molar-refractivity contribution in [2.24, 2.45) is 5.41 Å². The molecule has 0 bridgehead atoms. The van der Waals surface area contributed by atoms with Crippen molar-refractivity contribution in [3.8, 4) is 0 Å². The fraction of sp³-hybridized carbons (Fsp3) is 0.571. The molecule has 0 heterocycles. The van der Waals surface area contributed by atoms with Gasteiger partial charge in [-0.05, 0) is 36.1 Å². The van der Waals surface area contributed by atoms with Crippen LogP contribution in [0.15, 0.2) is 24.3 Å². The van der Waals surface area contributed by atoms with E-state index in [0.29, 0.717) is 5.41 Å². The lowest BCUT2D eigenvalue weighted by atomic mass is 9.92. The predicted octanol–water partition coefficient (Wildman–Crippen LogP) is 3.25. The van der Waals surface area contributed by atoms with Gasteiger partial charge in [-0.3, -0.25) is 0 Å². The second-order valence-corrected chi connectivity index (χ2v) is 5.43. The molecule has 0 unspecified atom stereocenters. The van der Waals surface area contributed by atoms with Gasteiger partial charge in [0.25, 0.3) is 0 Å². The maximum Gasteiger partial charge on any atom is 0.0337 e. The maximum atomic E-state index is 3.48. The Morgan fingerprint density at radius 1 is 1.06 bits per heavy atom. The average Bonchev–Trinajstić information content (AvgIpc) is 2.24. The third kappa shape index (κ3) is 5.17. The minimum Gasteiger partial charge on any atom is -0.388 e. The minimum absolute atomic E-state index is 0.420. The highest BCUT2D eigenvalue weighted by Crippen LogP contribution is 2.17. The Labute approximate surface area is 99.5 Å². The Bertz CT molecular complexity index is 296. The highest BCUT2D eigenvalue weighted by molar-refractivity contribution is 5.43. The summed E-state index contributed by atoms with van der Waals surface area (Å²) in [7, 11) is 1.94. The molecule has 0 spiro atoms. The molecule has 0 saturated heterocycles. The Kier molecular flexibility index (Phi) is 4.81. The zero-order valence-corrected chi connectivity index (χ0v) is 10.9. The average molecular weight is 220 g/mol. The molecule has 2 heteroatoms. The summed E-state index contributed by atoms with van der Waals surface area (Å²) in [5, 5.41) is 6.60. The van der Waals surface area contributed by atoms with E-state index in [4.69, 9.17) is 0 Å². The Balaban J connectivity index is 2.27. The van der Waals surface area contributed by atoms with E-state index in [1.54, 1.807) is 0 Å². The largest absolute Gasteiger partial charge is 0.388 e. The van der Waals surface area contributed by atoms with Crippen LogP contribution < -0.4 is 10.6 Å². The van der Waals surface area contributed by atoms with Gasteiger partial charge >= 0.3 is 0 Å². The molecule has 2 nitrogen and oxygen atoms in total. The van der Waals surface area contributed by atoms with Gasteiger partial charge in [0.2, 0.25) is 0 Å². The van der Waals surface area contributed by atoms with Gasteiger partial charge in [-0.1, -0.05) is 32.9 Å². The molecule has 0 aliphatic heterocycles. The first kappa shape index (κ1) is 13.0. The lowest BCUT2D eigenvalue weighted by molar-refractivity contribution is 0.366. The zero-order valence-electron chi connectivity index (χ0n) is 10.9. The molecule has 0 radical (unpaired) electrons. The van der Waals surface area contributed by atoms with E-state index in [9.17, 15) is 0 Å². The summed E-state index contributed by atoms with van der Waals surface area (Å²) < 4.78 is 0. The molecular formula is C14H24N2. The molecule has 1 rings (SSSR count). The Hall–Kier alpha value is -1.02. The van der Waals surface area contributed by atoms with Crippen LogP contribution in [-0.2, 0) is 6.54 Å². The Morgan fingerprint density at radius 3 is 2.19 bits per heavy atom. The van der Waals surface area contributed by atoms with Crippen molar-refractivity contribution in [2.75, 3.05) is 18.9 Å². The van der Waals surface area contributed by atoms with Gasteiger partial charge in [0.1, 0.15) is 0 Å². The zero-order chi connectivity index (χ0) is 12.0. The first-order chi connectivity index (χ1) is 7.51. The first-order valence-electron chi connectivity index (χ1n) is 5.99. The fourth-order valence-corrected chi connectivity index (χ4v) is 1.49. The van der Waals surface area contributed by atoms with Gasteiger partial charge in [-0.25, -0.2) is 0 Å². The molecule has 0 aliphatic rings. The topological polar surface area (TPSA) is 24.1 Å². The van der Waals surface area contributed by atoms with Gasteiger partial charge in [0, 0.05) is 19.3 Å². The van der Waals surface area contributed by atoms with Crippen LogP contribution in [0.1, 0.15) is 32.8 Å². The molecular weight excluding hydrogens is 196 g/mol. The molecule has 0 atom stereocenters. The van der Waals surface area contributed by atoms with Crippen molar-refractivity contribution in [1.29, 1.82) is 0 Å². The van der Waals surface area contributed by atoms with Crippen LogP contribution in [-0.4, -0.2) is 13.6 Å². The second-order valence-electron chi connectivity index (χ2n) is 5.43. The van der Waals surface area contributed by atoms with Crippen LogP contribution in [0.4, 0.5) is 5.69 Å². The smallest absolute Gasteiger partial charge is 0.0337 e. The van der Waals surface area contributed by atoms with Crippen LogP contribution in [0.5, 0.6) is 0 Å². The van der Waals surface area contributed by atoms with Crippen LogP contribution in [0.3, 0.4) is 0 Å². The standard InChI is InChI=1S/C14H24N2/c1-14(2,3)9-10-16-11-12-5-7-13(15-4)8-6-12/h5-8,15-16H,9-11H2,1-4H3. The molecule has 0 amide bonds. The molecule has 1 aromatic carbocycles. The van der Waals surface area contributed by atoms with E-state index in [2.05, 4.69) is 55.7 Å². The molecule has 2 N–H and O–H groups in total. The van der Waals surface area contributed by atoms with E-state index in [1.165, 1.54) is 17.7 Å². The maximum absolute atomic E-state index is 3.48. The van der Waals surface area contributed by atoms with Gasteiger partial charge in [-0.2, -0.15) is 0 Å². The summed E-state index contributed by atoms with van der Waals surface area (Å²) in [4.78, 5) is 0. The van der Waals surface area contributed by atoms with Crippen molar-refractivity contribution < 1.29 is 0 Å². The number of nitrogens with one attached hydrogen (secondary N) is 2. The number of hydrogen-bond donors (Lipinski definition) is 2. The molecule has 0 fully saturated rings. The highest BCUT2D eigenvalue weighted by atomic mass is 14.8. The lowest BCUT2D eigenvalue weighted by Crippen LogP contribution is -2.20. The predicted molar refractivity (Wildman–Crippen MR) is 71.8 cm³/mol. The molecule has 90 valence electrons. The number of anilines is 1. The number of hydrogen-bond acceptors (Lipinski definition) is 2. The summed E-state index contributed by atoms with van der Waals surface area (Å²) in [6.07, 6.45) is 1.21. The summed E-state index contributed by atoms with van der Waals surface area (Å²) >= 11 is 0. The second kappa shape index (κ2) is 5.90. The number of rotatable bonds is 5. The van der Waals surface area contributed by atoms with E-state index in [-0.39, 0.29) is 0 Å². The van der Waals surface area contributed by atoms with E-state index in [1.807, 2.05) is 7.05 Å². The minimum atomic E-state index is 0.420. The highest BCUT2D eigenvalue weighted by Gasteiger charge is 2.08. The summed E-state index contributed by atoms with van der Waals surface area (Å²) in [5.74, 6) is 0. The van der Waals surface area contributed by atoms with Gasteiger partial charge < -0.3 is 10.6 Å². The molecule has 0 aromatic heterocycles. The van der Waals surface area contributed by atoms with E-state index in [0.717, 1.165) is 13.1 Å². The quantitative estimate of drug-likeness (QED) is 0.744. The normalized spacial score (nSPS) is 11.5. The third-order valence-electron chi connectivity index (χ3n) is 2.62. The van der Waals surface area contributed by atoms with Crippen molar-refractivity contribution in [2.45, 2.75) is 33.7 Å². The van der Waals surface area contributed by atoms with Crippen LogP contribution in [0.2, 0.25) is 0 Å². The SMILES string of the molecule is CNc1ccc(CNCCC(C)(C)C)cc1. The van der Waals surface area contributed by atoms with Crippen molar-refractivity contribution >= 4 is 5.69 Å². The van der Waals surface area contributed by atoms with E-state index < -0.39 is 0 Å². The third-order valence-corrected chi connectivity index (χ3v) is 2.62. The molecule has 1 aromatic rings. The summed E-state index contributed by atoms with van der Waals surface area (Å²) in [5.41, 5.74) is 2.93. The fourth-order valence-electron chi connectivity index (χ4n) is 1.49. The molecule has 0 aliphatic carbocycles. The summed E-state index contributed by atoms with van der Waals surface area (Å²) in [6, 6.07) is 8.55. The van der Waals surface area contributed by atoms with Crippen LogP contribution in [0, 0.1) is 5.41 Å². The van der Waals surface area contributed by atoms with Crippen LogP contribution in [0.25, 0.3) is 0 Å². The van der Waals surface area contributed by atoms with Crippen molar-refractivity contribution in [1.82, 2.24) is 5.32 Å². The van der Waals surface area contributed by atoms with Gasteiger partial charge in [0.05, 0.1) is 0 Å².